The molecular weight excluding hydrogens is 454 g/mol. The van der Waals surface area contributed by atoms with Gasteiger partial charge in [-0.2, -0.15) is 5.10 Å². The third kappa shape index (κ3) is 4.64. The average Bonchev–Trinajstić information content (AvgIpc) is 3.59. The topological polar surface area (TPSA) is 89.2 Å². The highest BCUT2D eigenvalue weighted by Gasteiger charge is 2.36. The highest BCUT2D eigenvalue weighted by atomic mass is 16.5. The van der Waals surface area contributed by atoms with E-state index in [2.05, 4.69) is 37.9 Å². The Morgan fingerprint density at radius 3 is 2.44 bits per heavy atom. The Hall–Kier alpha value is -4.27. The Morgan fingerprint density at radius 1 is 1.06 bits per heavy atom. The molecule has 0 spiro atoms. The van der Waals surface area contributed by atoms with Crippen LogP contribution in [0.3, 0.4) is 0 Å². The molecule has 2 N–H and O–H groups in total. The average molecular weight is 486 g/mol. The lowest BCUT2D eigenvalue weighted by Crippen LogP contribution is -2.42. The molecule has 0 saturated carbocycles. The second kappa shape index (κ2) is 10.2. The Balaban J connectivity index is 1.40. The summed E-state index contributed by atoms with van der Waals surface area (Å²) in [4.78, 5) is 15.6. The van der Waals surface area contributed by atoms with Crippen LogP contribution in [0.1, 0.15) is 24.0 Å². The van der Waals surface area contributed by atoms with Crippen molar-refractivity contribution in [1.29, 1.82) is 0 Å². The van der Waals surface area contributed by atoms with Gasteiger partial charge in [-0.1, -0.05) is 48.5 Å². The normalized spacial score (nSPS) is 17.2. The van der Waals surface area contributed by atoms with Gasteiger partial charge in [0.15, 0.2) is 0 Å². The van der Waals surface area contributed by atoms with Gasteiger partial charge in [-0.05, 0) is 31.5 Å². The van der Waals surface area contributed by atoms with Crippen molar-refractivity contribution in [3.63, 3.8) is 0 Å². The summed E-state index contributed by atoms with van der Waals surface area (Å²) in [6.45, 7) is 5.76. The summed E-state index contributed by atoms with van der Waals surface area (Å²) in [7, 11) is 1.93. The number of aromatic nitrogens is 4. The minimum Gasteiger partial charge on any atom is -0.477 e. The molecule has 2 unspecified atom stereocenters. The van der Waals surface area contributed by atoms with E-state index >= 15 is 0 Å². The van der Waals surface area contributed by atoms with Crippen molar-refractivity contribution in [3.8, 4) is 11.6 Å². The van der Waals surface area contributed by atoms with Crippen molar-refractivity contribution in [1.82, 2.24) is 24.9 Å². The van der Waals surface area contributed by atoms with Gasteiger partial charge in [-0.3, -0.25) is 10.00 Å². The number of aryl methyl sites for hydroxylation is 1. The number of nitrogens with zero attached hydrogens (tertiary/aromatic N) is 5. The molecule has 0 radical (unpaired) electrons. The molecule has 3 heterocycles. The van der Waals surface area contributed by atoms with Crippen LogP contribution < -0.4 is 20.3 Å². The SMILES string of the molecule is CCOc1nn(-c2ccccc2)c(NC(=O)NC2CN(c3ccnn3C)CC2c2ccccc2)c1C. The van der Waals surface area contributed by atoms with Gasteiger partial charge in [0.25, 0.3) is 0 Å². The summed E-state index contributed by atoms with van der Waals surface area (Å²) < 4.78 is 9.29. The fourth-order valence-electron chi connectivity index (χ4n) is 4.82. The third-order valence-electron chi connectivity index (χ3n) is 6.58. The first-order valence-electron chi connectivity index (χ1n) is 12.2. The van der Waals surface area contributed by atoms with E-state index in [1.165, 1.54) is 5.56 Å². The van der Waals surface area contributed by atoms with Crippen LogP contribution in [0, 0.1) is 6.92 Å². The van der Waals surface area contributed by atoms with Gasteiger partial charge in [-0.25, -0.2) is 9.48 Å². The third-order valence-corrected chi connectivity index (χ3v) is 6.58. The minimum absolute atomic E-state index is 0.0953. The van der Waals surface area contributed by atoms with Crippen LogP contribution in [0.5, 0.6) is 5.88 Å². The molecule has 1 saturated heterocycles. The maximum absolute atomic E-state index is 13.4. The van der Waals surface area contributed by atoms with E-state index in [4.69, 9.17) is 4.74 Å². The fourth-order valence-corrected chi connectivity index (χ4v) is 4.82. The Kier molecular flexibility index (Phi) is 6.62. The molecule has 2 aromatic carbocycles. The van der Waals surface area contributed by atoms with Crippen LogP contribution in [0.2, 0.25) is 0 Å². The maximum atomic E-state index is 13.4. The highest BCUT2D eigenvalue weighted by molar-refractivity contribution is 5.90. The van der Waals surface area contributed by atoms with E-state index in [9.17, 15) is 4.79 Å². The number of amides is 2. The van der Waals surface area contributed by atoms with Gasteiger partial charge in [0.1, 0.15) is 11.6 Å². The maximum Gasteiger partial charge on any atom is 0.320 e. The van der Waals surface area contributed by atoms with Crippen LogP contribution in [-0.4, -0.2) is 51.3 Å². The van der Waals surface area contributed by atoms with E-state index in [0.717, 1.165) is 23.6 Å². The number of hydrogen-bond donors (Lipinski definition) is 2. The molecule has 2 aromatic heterocycles. The summed E-state index contributed by atoms with van der Waals surface area (Å²) in [5, 5.41) is 15.2. The molecule has 36 heavy (non-hydrogen) atoms. The number of nitrogens with one attached hydrogen (secondary N) is 2. The van der Waals surface area contributed by atoms with Gasteiger partial charge >= 0.3 is 6.03 Å². The first-order chi connectivity index (χ1) is 17.5. The van der Waals surface area contributed by atoms with Crippen molar-refractivity contribution in [2.45, 2.75) is 25.8 Å². The Labute approximate surface area is 210 Å². The molecule has 2 amide bonds. The van der Waals surface area contributed by atoms with Gasteiger partial charge in [0, 0.05) is 32.1 Å². The lowest BCUT2D eigenvalue weighted by molar-refractivity contribution is 0.248. The molecule has 2 atom stereocenters. The molecule has 0 bridgehead atoms. The second-order valence-electron chi connectivity index (χ2n) is 8.90. The highest BCUT2D eigenvalue weighted by Crippen LogP contribution is 2.32. The minimum atomic E-state index is -0.281. The quantitative estimate of drug-likeness (QED) is 0.411. The number of urea groups is 1. The fraction of sp³-hybridized carbons (Fsp3) is 0.296. The van der Waals surface area contributed by atoms with E-state index in [0.29, 0.717) is 24.8 Å². The van der Waals surface area contributed by atoms with E-state index in [1.807, 2.05) is 80.2 Å². The molecule has 1 aliphatic heterocycles. The van der Waals surface area contributed by atoms with Crippen LogP contribution in [0.25, 0.3) is 5.69 Å². The first-order valence-corrected chi connectivity index (χ1v) is 12.2. The second-order valence-corrected chi connectivity index (χ2v) is 8.90. The summed E-state index contributed by atoms with van der Waals surface area (Å²) in [5.74, 6) is 2.24. The molecule has 1 aliphatic rings. The van der Waals surface area contributed by atoms with E-state index in [-0.39, 0.29) is 18.0 Å². The van der Waals surface area contributed by atoms with Crippen LogP contribution in [0.15, 0.2) is 72.9 Å². The summed E-state index contributed by atoms with van der Waals surface area (Å²) >= 11 is 0. The Bertz CT molecular complexity index is 1320. The molecule has 9 heteroatoms. The zero-order valence-electron chi connectivity index (χ0n) is 20.8. The molecule has 9 nitrogen and oxygen atoms in total. The Morgan fingerprint density at radius 2 is 1.78 bits per heavy atom. The lowest BCUT2D eigenvalue weighted by Gasteiger charge is -2.20. The predicted octanol–water partition coefficient (Wildman–Crippen LogP) is 4.11. The standard InChI is InChI=1S/C27H31N7O2/c1-4-36-26-19(2)25(34(31-26)21-13-9-6-10-14-21)30-27(35)29-23-18-33(24-15-16-28-32(24)3)17-22(23)20-11-7-5-8-12-20/h5-16,22-23H,4,17-18H2,1-3H3,(H2,29,30,35). The summed E-state index contributed by atoms with van der Waals surface area (Å²) in [5.41, 5.74) is 2.81. The molecule has 4 aromatic rings. The number of rotatable bonds is 7. The smallest absolute Gasteiger partial charge is 0.320 e. The van der Waals surface area contributed by atoms with E-state index in [1.54, 1.807) is 10.9 Å². The van der Waals surface area contributed by atoms with Crippen molar-refractivity contribution < 1.29 is 9.53 Å². The molecule has 1 fully saturated rings. The first kappa shape index (κ1) is 23.5. The van der Waals surface area contributed by atoms with Gasteiger partial charge < -0.3 is 15.0 Å². The van der Waals surface area contributed by atoms with Crippen LogP contribution >= 0.6 is 0 Å². The number of anilines is 2. The molecule has 186 valence electrons. The van der Waals surface area contributed by atoms with Crippen LogP contribution in [-0.2, 0) is 7.05 Å². The number of carbonyl (C=O) groups is 1. The molecule has 5 rings (SSSR count). The number of para-hydroxylation sites is 1. The number of benzene rings is 2. The summed E-state index contributed by atoms with van der Waals surface area (Å²) in [6, 6.07) is 21.7. The van der Waals surface area contributed by atoms with E-state index < -0.39 is 0 Å². The van der Waals surface area contributed by atoms with Gasteiger partial charge in [0.2, 0.25) is 5.88 Å². The lowest BCUT2D eigenvalue weighted by atomic mass is 9.94. The van der Waals surface area contributed by atoms with Gasteiger partial charge in [-0.15, -0.1) is 5.10 Å². The number of ether oxygens (including phenoxy) is 1. The number of hydrogen-bond acceptors (Lipinski definition) is 5. The van der Waals surface area contributed by atoms with Crippen molar-refractivity contribution in [3.05, 3.63) is 84.1 Å². The monoisotopic (exact) mass is 485 g/mol. The van der Waals surface area contributed by atoms with Crippen molar-refractivity contribution >= 4 is 17.7 Å². The van der Waals surface area contributed by atoms with Crippen LogP contribution in [0.4, 0.5) is 16.4 Å². The zero-order chi connectivity index (χ0) is 25.1. The summed E-state index contributed by atoms with van der Waals surface area (Å²) in [6.07, 6.45) is 1.80. The molecule has 0 aliphatic carbocycles. The van der Waals surface area contributed by atoms with Crippen molar-refractivity contribution in [2.24, 2.45) is 7.05 Å². The largest absolute Gasteiger partial charge is 0.477 e. The zero-order valence-corrected chi connectivity index (χ0v) is 20.8. The predicted molar refractivity (Wildman–Crippen MR) is 140 cm³/mol. The number of carbonyl (C=O) groups excluding carboxylic acids is 1. The molecular formula is C27H31N7O2. The van der Waals surface area contributed by atoms with Gasteiger partial charge in [0.05, 0.1) is 30.1 Å². The van der Waals surface area contributed by atoms with Crippen molar-refractivity contribution in [2.75, 3.05) is 29.9 Å².